The van der Waals surface area contributed by atoms with Crippen molar-refractivity contribution in [1.82, 2.24) is 5.32 Å². The van der Waals surface area contributed by atoms with E-state index in [1.165, 1.54) is 18.9 Å². The number of nitrogens with zero attached hydrogens (tertiary/aromatic N) is 1. The number of nitro benzene ring substituents is 1. The van der Waals surface area contributed by atoms with Crippen molar-refractivity contribution >= 4 is 5.69 Å². The Morgan fingerprint density at radius 2 is 2.32 bits per heavy atom. The van der Waals surface area contributed by atoms with Crippen LogP contribution in [0, 0.1) is 21.8 Å². The van der Waals surface area contributed by atoms with Crippen LogP contribution in [0.3, 0.4) is 0 Å². The van der Waals surface area contributed by atoms with Crippen molar-refractivity contribution in [1.29, 1.82) is 0 Å². The third-order valence-corrected chi connectivity index (χ3v) is 2.98. The SMILES string of the molecule is CC(CNC1CC1)COc1ccc([N+](=O)[O-])c(F)c1. The highest BCUT2D eigenvalue weighted by atomic mass is 19.1. The number of rotatable bonds is 7. The second kappa shape index (κ2) is 5.97. The lowest BCUT2D eigenvalue weighted by atomic mass is 10.2. The number of nitrogens with one attached hydrogen (secondary N) is 1. The van der Waals surface area contributed by atoms with E-state index in [0.717, 1.165) is 18.7 Å². The summed E-state index contributed by atoms with van der Waals surface area (Å²) in [6.07, 6.45) is 2.47. The predicted molar refractivity (Wildman–Crippen MR) is 68.7 cm³/mol. The molecule has 1 fully saturated rings. The molecule has 0 radical (unpaired) electrons. The lowest BCUT2D eigenvalue weighted by molar-refractivity contribution is -0.387. The van der Waals surface area contributed by atoms with Gasteiger partial charge >= 0.3 is 5.69 Å². The van der Waals surface area contributed by atoms with Crippen molar-refractivity contribution in [2.75, 3.05) is 13.2 Å². The molecule has 0 bridgehead atoms. The lowest BCUT2D eigenvalue weighted by Crippen LogP contribution is -2.26. The Balaban J connectivity index is 1.81. The van der Waals surface area contributed by atoms with Crippen molar-refractivity contribution < 1.29 is 14.1 Å². The molecular formula is C13H17FN2O3. The summed E-state index contributed by atoms with van der Waals surface area (Å²) in [6, 6.07) is 4.25. The molecule has 1 aliphatic carbocycles. The third kappa shape index (κ3) is 4.17. The summed E-state index contributed by atoms with van der Waals surface area (Å²) >= 11 is 0. The largest absolute Gasteiger partial charge is 0.493 e. The molecule has 1 N–H and O–H groups in total. The Bertz CT molecular complexity index is 463. The van der Waals surface area contributed by atoms with Crippen LogP contribution < -0.4 is 10.1 Å². The smallest absolute Gasteiger partial charge is 0.305 e. The Labute approximate surface area is 110 Å². The van der Waals surface area contributed by atoms with Crippen LogP contribution in [-0.2, 0) is 0 Å². The Kier molecular flexibility index (Phi) is 4.31. The number of nitro groups is 1. The third-order valence-electron chi connectivity index (χ3n) is 2.98. The van der Waals surface area contributed by atoms with Crippen molar-refractivity contribution in [3.63, 3.8) is 0 Å². The molecule has 0 saturated heterocycles. The number of halogens is 1. The van der Waals surface area contributed by atoms with Crippen molar-refractivity contribution in [2.45, 2.75) is 25.8 Å². The molecule has 0 heterocycles. The summed E-state index contributed by atoms with van der Waals surface area (Å²) < 4.78 is 18.8. The van der Waals surface area contributed by atoms with Gasteiger partial charge in [0, 0.05) is 30.6 Å². The molecule has 0 amide bonds. The molecule has 104 valence electrons. The molecule has 1 saturated carbocycles. The molecular weight excluding hydrogens is 251 g/mol. The van der Waals surface area contributed by atoms with Gasteiger partial charge < -0.3 is 10.1 Å². The molecule has 1 aliphatic rings. The molecule has 0 aliphatic heterocycles. The minimum absolute atomic E-state index is 0.304. The zero-order valence-electron chi connectivity index (χ0n) is 10.8. The topological polar surface area (TPSA) is 64.4 Å². The maximum Gasteiger partial charge on any atom is 0.305 e. The van der Waals surface area contributed by atoms with Gasteiger partial charge in [-0.05, 0) is 18.9 Å². The average molecular weight is 268 g/mol. The summed E-state index contributed by atoms with van der Waals surface area (Å²) in [5.41, 5.74) is -0.532. The summed E-state index contributed by atoms with van der Waals surface area (Å²) in [5.74, 6) is -0.244. The maximum absolute atomic E-state index is 13.4. The van der Waals surface area contributed by atoms with Crippen molar-refractivity contribution in [3.05, 3.63) is 34.1 Å². The Morgan fingerprint density at radius 3 is 2.89 bits per heavy atom. The van der Waals surface area contributed by atoms with Gasteiger partial charge in [0.25, 0.3) is 0 Å². The lowest BCUT2D eigenvalue weighted by Gasteiger charge is -2.13. The first-order valence-electron chi connectivity index (χ1n) is 6.36. The first-order chi connectivity index (χ1) is 9.06. The summed E-state index contributed by atoms with van der Waals surface area (Å²) in [6.45, 7) is 3.36. The van der Waals surface area contributed by atoms with E-state index in [-0.39, 0.29) is 0 Å². The van der Waals surface area contributed by atoms with Crippen LogP contribution in [0.5, 0.6) is 5.75 Å². The Morgan fingerprint density at radius 1 is 1.58 bits per heavy atom. The summed E-state index contributed by atoms with van der Waals surface area (Å²) in [7, 11) is 0. The van der Waals surface area contributed by atoms with Crippen LogP contribution in [0.25, 0.3) is 0 Å². The maximum atomic E-state index is 13.4. The van der Waals surface area contributed by atoms with E-state index >= 15 is 0 Å². The average Bonchev–Trinajstić information content (AvgIpc) is 3.17. The van der Waals surface area contributed by atoms with E-state index < -0.39 is 16.4 Å². The molecule has 1 unspecified atom stereocenters. The van der Waals surface area contributed by atoms with Crippen molar-refractivity contribution in [2.24, 2.45) is 5.92 Å². The van der Waals surface area contributed by atoms with Crippen LogP contribution in [-0.4, -0.2) is 24.1 Å². The normalized spacial score (nSPS) is 16.1. The molecule has 1 aromatic rings. The monoisotopic (exact) mass is 268 g/mol. The second-order valence-corrected chi connectivity index (χ2v) is 4.97. The highest BCUT2D eigenvalue weighted by molar-refractivity contribution is 5.37. The van der Waals surface area contributed by atoms with E-state index in [1.54, 1.807) is 0 Å². The fraction of sp³-hybridized carbons (Fsp3) is 0.538. The Hall–Kier alpha value is -1.69. The van der Waals surface area contributed by atoms with Gasteiger partial charge in [-0.2, -0.15) is 4.39 Å². The zero-order chi connectivity index (χ0) is 13.8. The van der Waals surface area contributed by atoms with Crippen LogP contribution in [0.15, 0.2) is 18.2 Å². The highest BCUT2D eigenvalue weighted by Crippen LogP contribution is 2.23. The minimum Gasteiger partial charge on any atom is -0.493 e. The first kappa shape index (κ1) is 13.7. The van der Waals surface area contributed by atoms with Crippen LogP contribution in [0.4, 0.5) is 10.1 Å². The van der Waals surface area contributed by atoms with E-state index in [9.17, 15) is 14.5 Å². The molecule has 1 aromatic carbocycles. The quantitative estimate of drug-likeness (QED) is 0.609. The summed E-state index contributed by atoms with van der Waals surface area (Å²) in [4.78, 5) is 9.72. The van der Waals surface area contributed by atoms with E-state index in [0.29, 0.717) is 24.3 Å². The summed E-state index contributed by atoms with van der Waals surface area (Å²) in [5, 5.41) is 13.9. The number of ether oxygens (including phenoxy) is 1. The number of benzene rings is 1. The van der Waals surface area contributed by atoms with Gasteiger partial charge in [-0.1, -0.05) is 6.92 Å². The van der Waals surface area contributed by atoms with Crippen LogP contribution >= 0.6 is 0 Å². The van der Waals surface area contributed by atoms with Gasteiger partial charge in [-0.15, -0.1) is 0 Å². The standard InChI is InChI=1S/C13H17FN2O3/c1-9(7-15-10-2-3-10)8-19-11-4-5-13(16(17)18)12(14)6-11/h4-6,9-10,15H,2-3,7-8H2,1H3. The predicted octanol–water partition coefficient (Wildman–Crippen LogP) is 2.50. The minimum atomic E-state index is -0.869. The number of hydrogen-bond donors (Lipinski definition) is 1. The number of hydrogen-bond acceptors (Lipinski definition) is 4. The van der Waals surface area contributed by atoms with Gasteiger partial charge in [0.15, 0.2) is 0 Å². The fourth-order valence-corrected chi connectivity index (χ4v) is 1.68. The van der Waals surface area contributed by atoms with E-state index in [1.807, 2.05) is 6.92 Å². The molecule has 2 rings (SSSR count). The van der Waals surface area contributed by atoms with Gasteiger partial charge in [0.2, 0.25) is 5.82 Å². The highest BCUT2D eigenvalue weighted by Gasteiger charge is 2.21. The van der Waals surface area contributed by atoms with Crippen LogP contribution in [0.2, 0.25) is 0 Å². The van der Waals surface area contributed by atoms with Gasteiger partial charge in [0.1, 0.15) is 5.75 Å². The van der Waals surface area contributed by atoms with Gasteiger partial charge in [-0.3, -0.25) is 10.1 Å². The molecule has 0 aromatic heterocycles. The molecule has 6 heteroatoms. The molecule has 0 spiro atoms. The molecule has 19 heavy (non-hydrogen) atoms. The first-order valence-corrected chi connectivity index (χ1v) is 6.36. The molecule has 5 nitrogen and oxygen atoms in total. The van der Waals surface area contributed by atoms with Gasteiger partial charge in [0.05, 0.1) is 11.5 Å². The van der Waals surface area contributed by atoms with E-state index in [2.05, 4.69) is 5.32 Å². The zero-order valence-corrected chi connectivity index (χ0v) is 10.8. The van der Waals surface area contributed by atoms with E-state index in [4.69, 9.17) is 4.74 Å². The van der Waals surface area contributed by atoms with Gasteiger partial charge in [-0.25, -0.2) is 0 Å². The molecule has 1 atom stereocenters. The second-order valence-electron chi connectivity index (χ2n) is 4.97. The van der Waals surface area contributed by atoms with Crippen LogP contribution in [0.1, 0.15) is 19.8 Å². The fourth-order valence-electron chi connectivity index (χ4n) is 1.68. The van der Waals surface area contributed by atoms with Crippen molar-refractivity contribution in [3.8, 4) is 5.75 Å².